The van der Waals surface area contributed by atoms with Crippen molar-refractivity contribution in [3.63, 3.8) is 0 Å². The smallest absolute Gasteiger partial charge is 0.324 e. The fraction of sp³-hybridized carbons (Fsp3) is 0.588. The Morgan fingerprint density at radius 3 is 2.90 bits per heavy atom. The minimum Gasteiger partial charge on any atom is -0.480 e. The highest BCUT2D eigenvalue weighted by Crippen LogP contribution is 2.38. The summed E-state index contributed by atoms with van der Waals surface area (Å²) in [6.45, 7) is 2.14. The Bertz CT molecular complexity index is 491. The molecule has 1 aromatic rings. The van der Waals surface area contributed by atoms with Crippen molar-refractivity contribution in [3.05, 3.63) is 35.4 Å². The number of thioether (sulfide) groups is 1. The molecule has 1 aliphatic rings. The Morgan fingerprint density at radius 2 is 2.24 bits per heavy atom. The lowest BCUT2D eigenvalue weighted by Crippen LogP contribution is -2.53. The maximum Gasteiger partial charge on any atom is 0.324 e. The molecule has 0 saturated heterocycles. The molecule has 116 valence electrons. The molecule has 0 bridgehead atoms. The van der Waals surface area contributed by atoms with Crippen LogP contribution < -0.4 is 5.32 Å². The number of aliphatic carboxylic acids is 1. The van der Waals surface area contributed by atoms with Gasteiger partial charge in [0.1, 0.15) is 5.54 Å². The highest BCUT2D eigenvalue weighted by Gasteiger charge is 2.47. The molecule has 1 fully saturated rings. The zero-order valence-corrected chi connectivity index (χ0v) is 13.7. The van der Waals surface area contributed by atoms with Crippen molar-refractivity contribution in [3.8, 4) is 0 Å². The third kappa shape index (κ3) is 3.61. The first-order valence-electron chi connectivity index (χ1n) is 7.64. The molecular formula is C17H25NO2S. The molecular weight excluding hydrogens is 282 g/mol. The molecule has 0 heterocycles. The van der Waals surface area contributed by atoms with E-state index in [1.807, 2.05) is 11.8 Å². The van der Waals surface area contributed by atoms with E-state index in [2.05, 4.69) is 36.5 Å². The molecule has 21 heavy (non-hydrogen) atoms. The predicted molar refractivity (Wildman–Crippen MR) is 88.7 cm³/mol. The van der Waals surface area contributed by atoms with E-state index in [1.54, 1.807) is 7.05 Å². The number of hydrogen-bond donors (Lipinski definition) is 2. The number of hydrogen-bond acceptors (Lipinski definition) is 3. The van der Waals surface area contributed by atoms with Crippen molar-refractivity contribution in [1.29, 1.82) is 0 Å². The average molecular weight is 307 g/mol. The Hall–Kier alpha value is -1.00. The molecule has 0 aromatic heterocycles. The summed E-state index contributed by atoms with van der Waals surface area (Å²) in [5, 5.41) is 12.6. The van der Waals surface area contributed by atoms with E-state index in [1.165, 1.54) is 11.1 Å². The van der Waals surface area contributed by atoms with Gasteiger partial charge in [-0.05, 0) is 56.0 Å². The van der Waals surface area contributed by atoms with Crippen LogP contribution in [0.2, 0.25) is 0 Å². The van der Waals surface area contributed by atoms with Crippen LogP contribution in [-0.4, -0.2) is 29.4 Å². The minimum absolute atomic E-state index is 0.254. The second-order valence-corrected chi connectivity index (χ2v) is 6.99. The average Bonchev–Trinajstić information content (AvgIpc) is 2.89. The van der Waals surface area contributed by atoms with E-state index in [4.69, 9.17) is 0 Å². The Labute approximate surface area is 131 Å². The van der Waals surface area contributed by atoms with Crippen LogP contribution in [0.1, 0.15) is 36.8 Å². The summed E-state index contributed by atoms with van der Waals surface area (Å²) >= 11 is 1.91. The van der Waals surface area contributed by atoms with Gasteiger partial charge in [-0.1, -0.05) is 30.7 Å². The van der Waals surface area contributed by atoms with Gasteiger partial charge in [-0.2, -0.15) is 11.8 Å². The van der Waals surface area contributed by atoms with E-state index >= 15 is 0 Å². The Morgan fingerprint density at radius 1 is 1.48 bits per heavy atom. The van der Waals surface area contributed by atoms with E-state index in [-0.39, 0.29) is 5.92 Å². The third-order valence-corrected chi connectivity index (χ3v) is 5.82. The van der Waals surface area contributed by atoms with Crippen molar-refractivity contribution in [2.24, 2.45) is 5.92 Å². The van der Waals surface area contributed by atoms with Gasteiger partial charge in [-0.3, -0.25) is 4.79 Å². The molecule has 1 aliphatic carbocycles. The Kier molecular flexibility index (Phi) is 5.71. The fourth-order valence-electron chi connectivity index (χ4n) is 3.37. The van der Waals surface area contributed by atoms with E-state index in [0.717, 1.165) is 37.2 Å². The number of carboxylic acid groups (broad SMARTS) is 1. The van der Waals surface area contributed by atoms with Crippen molar-refractivity contribution >= 4 is 17.7 Å². The molecule has 4 heteroatoms. The van der Waals surface area contributed by atoms with Crippen LogP contribution in [0.4, 0.5) is 0 Å². The monoisotopic (exact) mass is 307 g/mol. The molecule has 2 atom stereocenters. The predicted octanol–water partition coefficient (Wildman–Crippen LogP) is 3.46. The lowest BCUT2D eigenvalue weighted by molar-refractivity contribution is -0.146. The minimum atomic E-state index is -0.691. The van der Waals surface area contributed by atoms with Crippen LogP contribution in [0.25, 0.3) is 0 Å². The van der Waals surface area contributed by atoms with Gasteiger partial charge >= 0.3 is 5.97 Å². The largest absolute Gasteiger partial charge is 0.480 e. The molecule has 1 aromatic carbocycles. The lowest BCUT2D eigenvalue weighted by Gasteiger charge is -2.31. The summed E-state index contributed by atoms with van der Waals surface area (Å²) < 4.78 is 0. The zero-order valence-electron chi connectivity index (χ0n) is 12.9. The first-order valence-corrected chi connectivity index (χ1v) is 8.80. The fourth-order valence-corrected chi connectivity index (χ4v) is 4.51. The van der Waals surface area contributed by atoms with Gasteiger partial charge in [-0.25, -0.2) is 0 Å². The number of aryl methyl sites for hydroxylation is 1. The van der Waals surface area contributed by atoms with Crippen molar-refractivity contribution in [2.45, 2.75) is 43.9 Å². The normalized spacial score (nSPS) is 25.1. The molecule has 1 saturated carbocycles. The highest BCUT2D eigenvalue weighted by molar-refractivity contribution is 7.98. The van der Waals surface area contributed by atoms with Gasteiger partial charge in [0, 0.05) is 5.75 Å². The van der Waals surface area contributed by atoms with Crippen molar-refractivity contribution in [1.82, 2.24) is 5.32 Å². The number of benzene rings is 1. The molecule has 2 N–H and O–H groups in total. The van der Waals surface area contributed by atoms with Crippen LogP contribution in [0, 0.1) is 12.8 Å². The second-order valence-electron chi connectivity index (χ2n) is 5.88. The maximum atomic E-state index is 11.6. The molecule has 0 aliphatic heterocycles. The van der Waals surface area contributed by atoms with Crippen LogP contribution >= 0.6 is 11.8 Å². The molecule has 0 spiro atoms. The standard InChI is InChI=1S/C17H25NO2S/c1-13-6-3-4-7-14(13)12-21-11-9-15-8-5-10-17(15,18-2)16(19)20/h3-4,6-7,15,18H,5,8-12H2,1-2H3,(H,19,20). The lowest BCUT2D eigenvalue weighted by atomic mass is 9.85. The second kappa shape index (κ2) is 7.32. The summed E-state index contributed by atoms with van der Waals surface area (Å²) in [7, 11) is 1.78. The summed E-state index contributed by atoms with van der Waals surface area (Å²) in [6.07, 6.45) is 3.77. The van der Waals surface area contributed by atoms with E-state index in [9.17, 15) is 9.90 Å². The summed E-state index contributed by atoms with van der Waals surface area (Å²) in [5.41, 5.74) is 2.02. The van der Waals surface area contributed by atoms with Gasteiger partial charge in [0.25, 0.3) is 0 Å². The summed E-state index contributed by atoms with van der Waals surface area (Å²) in [5.74, 6) is 1.61. The highest BCUT2D eigenvalue weighted by atomic mass is 32.2. The van der Waals surface area contributed by atoms with Gasteiger partial charge in [-0.15, -0.1) is 0 Å². The van der Waals surface area contributed by atoms with Gasteiger partial charge in [0.2, 0.25) is 0 Å². The van der Waals surface area contributed by atoms with Crippen molar-refractivity contribution < 1.29 is 9.90 Å². The van der Waals surface area contributed by atoms with E-state index < -0.39 is 11.5 Å². The van der Waals surface area contributed by atoms with Crippen LogP contribution in [0.3, 0.4) is 0 Å². The third-order valence-electron chi connectivity index (χ3n) is 4.78. The molecule has 2 unspecified atom stereocenters. The maximum absolute atomic E-state index is 11.6. The van der Waals surface area contributed by atoms with E-state index in [0.29, 0.717) is 0 Å². The van der Waals surface area contributed by atoms with Crippen LogP contribution in [0.5, 0.6) is 0 Å². The number of nitrogens with one attached hydrogen (secondary N) is 1. The summed E-state index contributed by atoms with van der Waals surface area (Å²) in [6, 6.07) is 8.46. The van der Waals surface area contributed by atoms with Gasteiger partial charge in [0.15, 0.2) is 0 Å². The van der Waals surface area contributed by atoms with Gasteiger partial charge < -0.3 is 10.4 Å². The number of likely N-dealkylation sites (N-methyl/N-ethyl adjacent to an activating group) is 1. The number of carbonyl (C=O) groups is 1. The summed E-state index contributed by atoms with van der Waals surface area (Å²) in [4.78, 5) is 11.6. The quantitative estimate of drug-likeness (QED) is 0.757. The zero-order chi connectivity index (χ0) is 15.3. The molecule has 0 radical (unpaired) electrons. The molecule has 2 rings (SSSR count). The topological polar surface area (TPSA) is 49.3 Å². The molecule has 3 nitrogen and oxygen atoms in total. The first-order chi connectivity index (χ1) is 10.1. The van der Waals surface area contributed by atoms with Crippen LogP contribution in [0.15, 0.2) is 24.3 Å². The first kappa shape index (κ1) is 16.4. The van der Waals surface area contributed by atoms with Crippen molar-refractivity contribution in [2.75, 3.05) is 12.8 Å². The SMILES string of the molecule is CNC1(C(=O)O)CCCC1CCSCc1ccccc1C. The Balaban J connectivity index is 1.83. The van der Waals surface area contributed by atoms with Gasteiger partial charge in [0.05, 0.1) is 0 Å². The number of carboxylic acids is 1. The molecule has 0 amide bonds. The number of rotatable bonds is 7. The van der Waals surface area contributed by atoms with Crippen LogP contribution in [-0.2, 0) is 10.5 Å².